The molecular formula is C14H10BrCl2FN2S. The highest BCUT2D eigenvalue weighted by molar-refractivity contribution is 9.10. The summed E-state index contributed by atoms with van der Waals surface area (Å²) in [4.78, 5) is 0.110. The average Bonchev–Trinajstić information content (AvgIpc) is 2.43. The third-order valence-electron chi connectivity index (χ3n) is 2.89. The molecule has 0 aromatic heterocycles. The summed E-state index contributed by atoms with van der Waals surface area (Å²) >= 11 is 20.3. The van der Waals surface area contributed by atoms with Crippen molar-refractivity contribution >= 4 is 67.7 Å². The third-order valence-corrected chi connectivity index (χ3v) is 4.69. The maximum atomic E-state index is 14.4. The molecule has 0 bridgehead atoms. The van der Waals surface area contributed by atoms with Gasteiger partial charge >= 0.3 is 0 Å². The van der Waals surface area contributed by atoms with Crippen LogP contribution in [0.1, 0.15) is 11.1 Å². The monoisotopic (exact) mass is 406 g/mol. The van der Waals surface area contributed by atoms with E-state index < -0.39 is 5.82 Å². The summed E-state index contributed by atoms with van der Waals surface area (Å²) in [7, 11) is 0. The smallest absolute Gasteiger partial charge is 0.161 e. The quantitative estimate of drug-likeness (QED) is 0.652. The molecular weight excluding hydrogens is 398 g/mol. The van der Waals surface area contributed by atoms with Crippen molar-refractivity contribution in [2.24, 2.45) is 5.73 Å². The summed E-state index contributed by atoms with van der Waals surface area (Å²) in [5.41, 5.74) is 7.46. The summed E-state index contributed by atoms with van der Waals surface area (Å²) < 4.78 is 14.6. The number of hydrogen-bond donors (Lipinski definition) is 2. The van der Waals surface area contributed by atoms with Crippen LogP contribution in [0.25, 0.3) is 0 Å². The second kappa shape index (κ2) is 6.48. The van der Waals surface area contributed by atoms with Gasteiger partial charge in [0, 0.05) is 5.56 Å². The van der Waals surface area contributed by atoms with Crippen LogP contribution in [0.4, 0.5) is 15.8 Å². The molecule has 2 rings (SSSR count). The van der Waals surface area contributed by atoms with Crippen molar-refractivity contribution in [1.29, 1.82) is 0 Å². The maximum Gasteiger partial charge on any atom is 0.161 e. The lowest BCUT2D eigenvalue weighted by atomic mass is 10.1. The van der Waals surface area contributed by atoms with E-state index in [0.717, 1.165) is 5.56 Å². The highest BCUT2D eigenvalue weighted by Crippen LogP contribution is 2.37. The van der Waals surface area contributed by atoms with Crippen LogP contribution in [0.2, 0.25) is 10.0 Å². The number of rotatable bonds is 3. The van der Waals surface area contributed by atoms with Gasteiger partial charge in [-0.25, -0.2) is 4.39 Å². The second-order valence-electron chi connectivity index (χ2n) is 4.33. The van der Waals surface area contributed by atoms with Gasteiger partial charge in [0.25, 0.3) is 0 Å². The molecule has 0 spiro atoms. The Balaban J connectivity index is 2.49. The fraction of sp³-hybridized carbons (Fsp3) is 0.0714. The predicted molar refractivity (Wildman–Crippen MR) is 94.5 cm³/mol. The van der Waals surface area contributed by atoms with Crippen LogP contribution >= 0.6 is 51.3 Å². The molecule has 21 heavy (non-hydrogen) atoms. The highest BCUT2D eigenvalue weighted by atomic mass is 79.9. The molecule has 0 unspecified atom stereocenters. The topological polar surface area (TPSA) is 38.0 Å². The van der Waals surface area contributed by atoms with Gasteiger partial charge in [-0.2, -0.15) is 0 Å². The fourth-order valence-corrected chi connectivity index (χ4v) is 3.07. The van der Waals surface area contributed by atoms with E-state index in [1.54, 1.807) is 18.2 Å². The zero-order valence-corrected chi connectivity index (χ0v) is 14.7. The first-order chi connectivity index (χ1) is 9.82. The molecule has 0 radical (unpaired) electrons. The first-order valence-electron chi connectivity index (χ1n) is 5.82. The molecule has 0 heterocycles. The predicted octanol–water partition coefficient (Wildman–Crippen LogP) is 5.58. The zero-order valence-electron chi connectivity index (χ0n) is 10.8. The van der Waals surface area contributed by atoms with Gasteiger partial charge in [-0.1, -0.05) is 41.5 Å². The minimum atomic E-state index is -0.520. The Labute approximate surface area is 145 Å². The first kappa shape index (κ1) is 16.5. The maximum absolute atomic E-state index is 14.4. The Morgan fingerprint density at radius 1 is 1.29 bits per heavy atom. The number of aryl methyl sites for hydroxylation is 1. The van der Waals surface area contributed by atoms with Crippen LogP contribution < -0.4 is 11.1 Å². The van der Waals surface area contributed by atoms with Gasteiger partial charge in [0.1, 0.15) is 4.99 Å². The van der Waals surface area contributed by atoms with Crippen molar-refractivity contribution in [3.8, 4) is 0 Å². The lowest BCUT2D eigenvalue weighted by Crippen LogP contribution is -2.11. The van der Waals surface area contributed by atoms with Gasteiger partial charge in [-0.3, -0.25) is 0 Å². The minimum Gasteiger partial charge on any atom is -0.389 e. The van der Waals surface area contributed by atoms with Gasteiger partial charge in [0.2, 0.25) is 0 Å². The molecule has 0 atom stereocenters. The van der Waals surface area contributed by atoms with Crippen molar-refractivity contribution in [3.05, 3.63) is 55.7 Å². The Morgan fingerprint density at radius 3 is 2.57 bits per heavy atom. The average molecular weight is 408 g/mol. The lowest BCUT2D eigenvalue weighted by molar-refractivity contribution is 0.625. The number of nitrogens with one attached hydrogen (secondary N) is 1. The fourth-order valence-electron chi connectivity index (χ4n) is 1.74. The van der Waals surface area contributed by atoms with Crippen molar-refractivity contribution < 1.29 is 4.39 Å². The van der Waals surface area contributed by atoms with E-state index in [1.165, 1.54) is 6.07 Å². The number of benzene rings is 2. The van der Waals surface area contributed by atoms with Crippen molar-refractivity contribution in [3.63, 3.8) is 0 Å². The Hall–Kier alpha value is -0.880. The van der Waals surface area contributed by atoms with Gasteiger partial charge in [-0.05, 0) is 46.6 Å². The van der Waals surface area contributed by atoms with Crippen molar-refractivity contribution in [2.75, 3.05) is 5.32 Å². The Bertz CT molecular complexity index is 737. The van der Waals surface area contributed by atoms with E-state index in [0.29, 0.717) is 21.3 Å². The van der Waals surface area contributed by atoms with Gasteiger partial charge in [0.05, 0.1) is 25.9 Å². The summed E-state index contributed by atoms with van der Waals surface area (Å²) in [5.74, 6) is -0.520. The number of nitrogens with two attached hydrogens (primary N) is 1. The lowest BCUT2D eigenvalue weighted by Gasteiger charge is -2.14. The summed E-state index contributed by atoms with van der Waals surface area (Å²) in [5, 5.41) is 3.75. The third kappa shape index (κ3) is 3.31. The van der Waals surface area contributed by atoms with Crippen LogP contribution in [0, 0.1) is 12.7 Å². The molecule has 2 nitrogen and oxygen atoms in total. The van der Waals surface area contributed by atoms with E-state index in [4.69, 9.17) is 41.2 Å². The SMILES string of the molecule is Cc1ccc(Cl)c(Nc2ccc(C(N)=S)c(Br)c2F)c1Cl. The molecule has 2 aromatic rings. The molecule has 0 amide bonds. The molecule has 2 aromatic carbocycles. The highest BCUT2D eigenvalue weighted by Gasteiger charge is 2.15. The molecule has 0 aliphatic carbocycles. The van der Waals surface area contributed by atoms with E-state index in [-0.39, 0.29) is 15.1 Å². The summed E-state index contributed by atoms with van der Waals surface area (Å²) in [6.07, 6.45) is 0. The molecule has 3 N–H and O–H groups in total. The largest absolute Gasteiger partial charge is 0.389 e. The van der Waals surface area contributed by atoms with Gasteiger partial charge < -0.3 is 11.1 Å². The molecule has 0 saturated heterocycles. The van der Waals surface area contributed by atoms with Crippen LogP contribution in [0.15, 0.2) is 28.7 Å². The number of anilines is 2. The molecule has 110 valence electrons. The molecule has 0 aliphatic heterocycles. The second-order valence-corrected chi connectivity index (χ2v) is 6.35. The molecule has 7 heteroatoms. The molecule has 0 fully saturated rings. The number of thiocarbonyl (C=S) groups is 1. The summed E-state index contributed by atoms with van der Waals surface area (Å²) in [6.45, 7) is 1.84. The summed E-state index contributed by atoms with van der Waals surface area (Å²) in [6, 6.07) is 6.64. The van der Waals surface area contributed by atoms with Crippen molar-refractivity contribution in [1.82, 2.24) is 0 Å². The zero-order chi connectivity index (χ0) is 15.7. The van der Waals surface area contributed by atoms with E-state index >= 15 is 0 Å². The number of halogens is 4. The van der Waals surface area contributed by atoms with Crippen molar-refractivity contribution in [2.45, 2.75) is 6.92 Å². The van der Waals surface area contributed by atoms with Crippen LogP contribution in [0.5, 0.6) is 0 Å². The van der Waals surface area contributed by atoms with Gasteiger partial charge in [-0.15, -0.1) is 0 Å². The van der Waals surface area contributed by atoms with Crippen LogP contribution in [0.3, 0.4) is 0 Å². The Kier molecular flexibility index (Phi) is 5.09. The number of hydrogen-bond acceptors (Lipinski definition) is 2. The van der Waals surface area contributed by atoms with Gasteiger partial charge in [0.15, 0.2) is 5.82 Å². The first-order valence-corrected chi connectivity index (χ1v) is 7.78. The molecule has 0 aliphatic rings. The van der Waals surface area contributed by atoms with Crippen LogP contribution in [-0.4, -0.2) is 4.99 Å². The van der Waals surface area contributed by atoms with Crippen LogP contribution in [-0.2, 0) is 0 Å². The molecule has 0 saturated carbocycles. The van der Waals surface area contributed by atoms with E-state index in [9.17, 15) is 4.39 Å². The van der Waals surface area contributed by atoms with E-state index in [2.05, 4.69) is 21.2 Å². The minimum absolute atomic E-state index is 0.110. The normalized spacial score (nSPS) is 10.5. The van der Waals surface area contributed by atoms with E-state index in [1.807, 2.05) is 6.92 Å². The standard InChI is InChI=1S/C14H10BrCl2FN2S/c1-6-2-4-8(16)13(11(6)17)20-9-5-3-7(14(19)21)10(15)12(9)18/h2-5,20H,1H3,(H2,19,21). The Morgan fingerprint density at radius 2 is 1.95 bits per heavy atom.